The van der Waals surface area contributed by atoms with E-state index in [4.69, 9.17) is 15.2 Å². The quantitative estimate of drug-likeness (QED) is 0.902. The lowest BCUT2D eigenvalue weighted by atomic mass is 9.65. The van der Waals surface area contributed by atoms with Crippen LogP contribution in [0.2, 0.25) is 0 Å². The first-order valence-corrected chi connectivity index (χ1v) is 8.19. The fourth-order valence-corrected chi connectivity index (χ4v) is 3.72. The van der Waals surface area contributed by atoms with Crippen LogP contribution in [-0.2, 0) is 0 Å². The van der Waals surface area contributed by atoms with E-state index in [0.717, 1.165) is 37.7 Å². The third-order valence-corrected chi connectivity index (χ3v) is 5.04. The fraction of sp³-hybridized carbons (Fsp3) is 0.667. The minimum absolute atomic E-state index is 0.403. The predicted octanol–water partition coefficient (Wildman–Crippen LogP) is 3.72. The van der Waals surface area contributed by atoms with Crippen LogP contribution in [0, 0.1) is 11.3 Å². The summed E-state index contributed by atoms with van der Waals surface area (Å²) in [6.45, 7) is 7.00. The van der Waals surface area contributed by atoms with Crippen LogP contribution in [-0.4, -0.2) is 19.8 Å². The second-order valence-electron chi connectivity index (χ2n) is 7.27. The Balaban J connectivity index is 1.89. The molecule has 3 rings (SSSR count). The Morgan fingerprint density at radius 3 is 2.71 bits per heavy atom. The topological polar surface area (TPSA) is 44.5 Å². The molecule has 1 heterocycles. The molecule has 0 saturated heterocycles. The Morgan fingerprint density at radius 1 is 1.19 bits per heavy atom. The van der Waals surface area contributed by atoms with Crippen molar-refractivity contribution in [3.8, 4) is 11.5 Å². The van der Waals surface area contributed by atoms with Crippen LogP contribution in [0.5, 0.6) is 11.5 Å². The van der Waals surface area contributed by atoms with Crippen molar-refractivity contribution in [2.24, 2.45) is 17.1 Å². The predicted molar refractivity (Wildman–Crippen MR) is 85.0 cm³/mol. The zero-order valence-corrected chi connectivity index (χ0v) is 13.2. The second kappa shape index (κ2) is 5.88. The van der Waals surface area contributed by atoms with E-state index in [9.17, 15) is 0 Å². The molecule has 0 radical (unpaired) electrons. The molecule has 3 nitrogen and oxygen atoms in total. The van der Waals surface area contributed by atoms with Gasteiger partial charge in [0.15, 0.2) is 11.5 Å². The van der Waals surface area contributed by atoms with Gasteiger partial charge in [0.25, 0.3) is 0 Å². The summed E-state index contributed by atoms with van der Waals surface area (Å²) in [5.41, 5.74) is 7.79. The Labute approximate surface area is 127 Å². The molecular formula is C18H27NO2. The van der Waals surface area contributed by atoms with Gasteiger partial charge in [-0.3, -0.25) is 0 Å². The van der Waals surface area contributed by atoms with Crippen molar-refractivity contribution in [1.82, 2.24) is 0 Å². The smallest absolute Gasteiger partial charge is 0.161 e. The standard InChI is InChI=1S/C18H27NO2/c1-18(2)7-6-14(12-19)15(11-18)13-4-5-16-17(10-13)21-9-3-8-20-16/h4-5,10,14-15H,3,6-9,11-12,19H2,1-2H3. The van der Waals surface area contributed by atoms with Gasteiger partial charge >= 0.3 is 0 Å². The molecule has 1 aliphatic carbocycles. The second-order valence-corrected chi connectivity index (χ2v) is 7.27. The molecular weight excluding hydrogens is 262 g/mol. The number of rotatable bonds is 2. The molecule has 0 amide bonds. The molecule has 116 valence electrons. The summed E-state index contributed by atoms with van der Waals surface area (Å²) in [4.78, 5) is 0. The van der Waals surface area contributed by atoms with E-state index in [1.54, 1.807) is 0 Å². The molecule has 2 N–H and O–H groups in total. The van der Waals surface area contributed by atoms with Crippen LogP contribution in [0.4, 0.5) is 0 Å². The zero-order chi connectivity index (χ0) is 14.9. The minimum Gasteiger partial charge on any atom is -0.490 e. The average molecular weight is 289 g/mol. The van der Waals surface area contributed by atoms with Gasteiger partial charge in [0, 0.05) is 6.42 Å². The summed E-state index contributed by atoms with van der Waals surface area (Å²) in [7, 11) is 0. The van der Waals surface area contributed by atoms with Gasteiger partial charge in [0.2, 0.25) is 0 Å². The van der Waals surface area contributed by atoms with E-state index in [-0.39, 0.29) is 0 Å². The van der Waals surface area contributed by atoms with Crippen molar-refractivity contribution in [2.75, 3.05) is 19.8 Å². The maximum absolute atomic E-state index is 6.03. The summed E-state index contributed by atoms with van der Waals surface area (Å²) < 4.78 is 11.6. The molecule has 3 heteroatoms. The van der Waals surface area contributed by atoms with Crippen LogP contribution < -0.4 is 15.2 Å². The molecule has 2 atom stereocenters. The van der Waals surface area contributed by atoms with Crippen molar-refractivity contribution >= 4 is 0 Å². The van der Waals surface area contributed by atoms with Gasteiger partial charge in [0.05, 0.1) is 13.2 Å². The van der Waals surface area contributed by atoms with Gasteiger partial charge in [-0.05, 0) is 60.8 Å². The lowest BCUT2D eigenvalue weighted by molar-refractivity contribution is 0.165. The molecule has 2 aliphatic rings. The summed E-state index contributed by atoms with van der Waals surface area (Å²) >= 11 is 0. The number of hydrogen-bond acceptors (Lipinski definition) is 3. The van der Waals surface area contributed by atoms with E-state index in [1.165, 1.54) is 24.8 Å². The maximum Gasteiger partial charge on any atom is 0.161 e. The van der Waals surface area contributed by atoms with Crippen molar-refractivity contribution in [2.45, 2.75) is 45.4 Å². The molecule has 1 saturated carbocycles. The normalized spacial score (nSPS) is 28.0. The maximum atomic E-state index is 6.03. The number of fused-ring (bicyclic) bond motifs is 1. The number of nitrogens with two attached hydrogens (primary N) is 1. The molecule has 0 aromatic heterocycles. The molecule has 1 aromatic rings. The average Bonchev–Trinajstić information content (AvgIpc) is 2.70. The number of benzene rings is 1. The molecule has 2 unspecified atom stereocenters. The van der Waals surface area contributed by atoms with Crippen molar-refractivity contribution < 1.29 is 9.47 Å². The van der Waals surface area contributed by atoms with Crippen molar-refractivity contribution in [3.05, 3.63) is 23.8 Å². The van der Waals surface area contributed by atoms with Crippen LogP contribution in [0.1, 0.15) is 51.0 Å². The van der Waals surface area contributed by atoms with E-state index in [1.807, 2.05) is 0 Å². The third-order valence-electron chi connectivity index (χ3n) is 5.04. The van der Waals surface area contributed by atoms with Gasteiger partial charge in [-0.2, -0.15) is 0 Å². The van der Waals surface area contributed by atoms with Crippen molar-refractivity contribution in [1.29, 1.82) is 0 Å². The first-order valence-electron chi connectivity index (χ1n) is 8.19. The third kappa shape index (κ3) is 3.18. The largest absolute Gasteiger partial charge is 0.490 e. The highest BCUT2D eigenvalue weighted by Gasteiger charge is 2.35. The molecule has 1 fully saturated rings. The van der Waals surface area contributed by atoms with Crippen LogP contribution in [0.15, 0.2) is 18.2 Å². The Bertz CT molecular complexity index is 498. The molecule has 0 spiro atoms. The molecule has 0 bridgehead atoms. The van der Waals surface area contributed by atoms with Gasteiger partial charge < -0.3 is 15.2 Å². The zero-order valence-electron chi connectivity index (χ0n) is 13.2. The van der Waals surface area contributed by atoms with Gasteiger partial charge in [-0.15, -0.1) is 0 Å². The van der Waals surface area contributed by atoms with E-state index >= 15 is 0 Å². The SMILES string of the molecule is CC1(C)CCC(CN)C(c2ccc3c(c2)OCCCO3)C1. The first kappa shape index (κ1) is 14.7. The summed E-state index contributed by atoms with van der Waals surface area (Å²) in [6.07, 6.45) is 4.65. The first-order chi connectivity index (χ1) is 10.1. The monoisotopic (exact) mass is 289 g/mol. The summed E-state index contributed by atoms with van der Waals surface area (Å²) in [5, 5.41) is 0. The van der Waals surface area contributed by atoms with Gasteiger partial charge in [-0.25, -0.2) is 0 Å². The highest BCUT2D eigenvalue weighted by atomic mass is 16.5. The summed E-state index contributed by atoms with van der Waals surface area (Å²) in [6, 6.07) is 6.47. The van der Waals surface area contributed by atoms with Crippen LogP contribution in [0.3, 0.4) is 0 Å². The fourth-order valence-electron chi connectivity index (χ4n) is 3.72. The Hall–Kier alpha value is -1.22. The highest BCUT2D eigenvalue weighted by Crippen LogP contribution is 2.47. The lowest BCUT2D eigenvalue weighted by Crippen LogP contribution is -2.32. The van der Waals surface area contributed by atoms with Crippen LogP contribution in [0.25, 0.3) is 0 Å². The lowest BCUT2D eigenvalue weighted by Gasteiger charge is -2.41. The molecule has 21 heavy (non-hydrogen) atoms. The van der Waals surface area contributed by atoms with E-state index in [2.05, 4.69) is 32.0 Å². The van der Waals surface area contributed by atoms with E-state index < -0.39 is 0 Å². The molecule has 1 aromatic carbocycles. The molecule has 1 aliphatic heterocycles. The Kier molecular flexibility index (Phi) is 4.12. The highest BCUT2D eigenvalue weighted by molar-refractivity contribution is 5.44. The van der Waals surface area contributed by atoms with Crippen molar-refractivity contribution in [3.63, 3.8) is 0 Å². The van der Waals surface area contributed by atoms with E-state index in [0.29, 0.717) is 17.3 Å². The van der Waals surface area contributed by atoms with Gasteiger partial charge in [0.1, 0.15) is 0 Å². The number of ether oxygens (including phenoxy) is 2. The minimum atomic E-state index is 0.403. The van der Waals surface area contributed by atoms with Crippen LogP contribution >= 0.6 is 0 Å². The Morgan fingerprint density at radius 2 is 1.95 bits per heavy atom. The summed E-state index contributed by atoms with van der Waals surface area (Å²) in [5.74, 6) is 2.92. The number of hydrogen-bond donors (Lipinski definition) is 1. The van der Waals surface area contributed by atoms with Gasteiger partial charge in [-0.1, -0.05) is 19.9 Å².